The number of nitrogens with zero attached hydrogens (tertiary/aromatic N) is 1. The van der Waals surface area contributed by atoms with Crippen LogP contribution in [0.5, 0.6) is 0 Å². The molecule has 4 unspecified atom stereocenters. The number of nitrogens with one attached hydrogen (secondary N) is 4. The lowest BCUT2D eigenvalue weighted by atomic mass is 10.0. The van der Waals surface area contributed by atoms with Crippen molar-refractivity contribution in [3.05, 3.63) is 18.2 Å². The number of rotatable bonds is 14. The Balaban J connectivity index is 3.07. The van der Waals surface area contributed by atoms with Crippen LogP contribution < -0.4 is 21.7 Å². The van der Waals surface area contributed by atoms with Crippen LogP contribution in [0.25, 0.3) is 0 Å². The van der Waals surface area contributed by atoms with Gasteiger partial charge in [0.05, 0.1) is 18.8 Å². The normalized spacial score (nSPS) is 14.7. The monoisotopic (exact) mass is 482 g/mol. The number of carbonyl (C=O) groups is 5. The van der Waals surface area contributed by atoms with E-state index < -0.39 is 66.2 Å². The highest BCUT2D eigenvalue weighted by atomic mass is 16.4. The van der Waals surface area contributed by atoms with Gasteiger partial charge >= 0.3 is 11.9 Å². The summed E-state index contributed by atoms with van der Waals surface area (Å²) in [5, 5.41) is 25.7. The molecule has 13 nitrogen and oxygen atoms in total. The molecule has 0 aliphatic rings. The minimum absolute atomic E-state index is 0.0110. The van der Waals surface area contributed by atoms with Gasteiger partial charge in [0.2, 0.25) is 17.7 Å². The fourth-order valence-electron chi connectivity index (χ4n) is 3.13. The van der Waals surface area contributed by atoms with E-state index in [9.17, 15) is 29.1 Å². The van der Waals surface area contributed by atoms with Crippen LogP contribution in [-0.4, -0.2) is 74.0 Å². The number of carbonyl (C=O) groups excluding carboxylic acids is 3. The van der Waals surface area contributed by atoms with Crippen LogP contribution in [0.2, 0.25) is 0 Å². The van der Waals surface area contributed by atoms with Gasteiger partial charge in [-0.25, -0.2) is 9.78 Å². The Morgan fingerprint density at radius 3 is 2.03 bits per heavy atom. The van der Waals surface area contributed by atoms with Crippen molar-refractivity contribution < 1.29 is 34.2 Å². The van der Waals surface area contributed by atoms with Gasteiger partial charge in [-0.1, -0.05) is 27.7 Å². The molecule has 0 fully saturated rings. The number of aromatic amines is 1. The predicted molar refractivity (Wildman–Crippen MR) is 120 cm³/mol. The van der Waals surface area contributed by atoms with E-state index in [4.69, 9.17) is 10.8 Å². The topological polar surface area (TPSA) is 217 Å². The molecule has 0 saturated heterocycles. The zero-order valence-corrected chi connectivity index (χ0v) is 19.7. The van der Waals surface area contributed by atoms with E-state index in [0.717, 1.165) is 0 Å². The average molecular weight is 483 g/mol. The van der Waals surface area contributed by atoms with E-state index >= 15 is 0 Å². The Morgan fingerprint density at radius 1 is 0.971 bits per heavy atom. The summed E-state index contributed by atoms with van der Waals surface area (Å²) >= 11 is 0. The summed E-state index contributed by atoms with van der Waals surface area (Å²) in [6, 6.07) is -4.79. The number of aromatic nitrogens is 2. The van der Waals surface area contributed by atoms with Crippen molar-refractivity contribution in [1.82, 2.24) is 25.9 Å². The Morgan fingerprint density at radius 2 is 1.56 bits per heavy atom. The molecule has 3 amide bonds. The van der Waals surface area contributed by atoms with Gasteiger partial charge in [0.1, 0.15) is 18.1 Å². The summed E-state index contributed by atoms with van der Waals surface area (Å²) in [7, 11) is 0. The van der Waals surface area contributed by atoms with Crippen molar-refractivity contribution >= 4 is 29.7 Å². The van der Waals surface area contributed by atoms with E-state index in [1.807, 2.05) is 13.8 Å². The van der Waals surface area contributed by atoms with Crippen LogP contribution in [0.15, 0.2) is 12.5 Å². The Kier molecular flexibility index (Phi) is 11.2. The van der Waals surface area contributed by atoms with Crippen LogP contribution in [0.3, 0.4) is 0 Å². The molecular formula is C21H34N6O7. The first-order valence-electron chi connectivity index (χ1n) is 10.9. The number of carboxylic acids is 2. The molecule has 34 heavy (non-hydrogen) atoms. The van der Waals surface area contributed by atoms with Gasteiger partial charge in [-0.3, -0.25) is 19.2 Å². The van der Waals surface area contributed by atoms with E-state index in [0.29, 0.717) is 5.69 Å². The Bertz CT molecular complexity index is 856. The first-order valence-corrected chi connectivity index (χ1v) is 10.9. The van der Waals surface area contributed by atoms with E-state index in [1.54, 1.807) is 13.8 Å². The van der Waals surface area contributed by atoms with Crippen molar-refractivity contribution in [2.45, 2.75) is 71.1 Å². The van der Waals surface area contributed by atoms with Crippen molar-refractivity contribution in [3.63, 3.8) is 0 Å². The fourth-order valence-corrected chi connectivity index (χ4v) is 3.13. The number of aliphatic carboxylic acids is 2. The number of amides is 3. The van der Waals surface area contributed by atoms with Gasteiger partial charge in [0.15, 0.2) is 0 Å². The third-order valence-corrected chi connectivity index (χ3v) is 4.91. The highest BCUT2D eigenvalue weighted by molar-refractivity contribution is 5.94. The first kappa shape index (κ1) is 28.6. The van der Waals surface area contributed by atoms with Crippen LogP contribution in [0, 0.1) is 11.8 Å². The van der Waals surface area contributed by atoms with Crippen LogP contribution >= 0.6 is 0 Å². The van der Waals surface area contributed by atoms with Crippen LogP contribution in [0.4, 0.5) is 0 Å². The largest absolute Gasteiger partial charge is 0.481 e. The summed E-state index contributed by atoms with van der Waals surface area (Å²) in [6.45, 7) is 6.91. The lowest BCUT2D eigenvalue weighted by Crippen LogP contribution is -2.58. The maximum atomic E-state index is 13.1. The highest BCUT2D eigenvalue weighted by Gasteiger charge is 2.32. The molecule has 0 spiro atoms. The van der Waals surface area contributed by atoms with Gasteiger partial charge < -0.3 is 36.9 Å². The molecule has 1 heterocycles. The minimum atomic E-state index is -1.36. The van der Waals surface area contributed by atoms with Crippen LogP contribution in [0.1, 0.15) is 46.2 Å². The molecule has 0 aliphatic carbocycles. The number of hydrogen-bond donors (Lipinski definition) is 7. The summed E-state index contributed by atoms with van der Waals surface area (Å²) in [6.07, 6.45) is 2.43. The predicted octanol–water partition coefficient (Wildman–Crippen LogP) is -1.00. The second kappa shape index (κ2) is 13.3. The summed E-state index contributed by atoms with van der Waals surface area (Å²) in [5.74, 6) is -5.16. The smallest absolute Gasteiger partial charge is 0.326 e. The molecule has 0 radical (unpaired) electrons. The zero-order valence-electron chi connectivity index (χ0n) is 19.7. The number of H-pyrrole nitrogens is 1. The van der Waals surface area contributed by atoms with E-state index in [2.05, 4.69) is 25.9 Å². The lowest BCUT2D eigenvalue weighted by molar-refractivity contribution is -0.143. The van der Waals surface area contributed by atoms with E-state index in [1.165, 1.54) is 12.5 Å². The third-order valence-electron chi connectivity index (χ3n) is 4.91. The van der Waals surface area contributed by atoms with Gasteiger partial charge in [-0.05, 0) is 18.3 Å². The highest BCUT2D eigenvalue weighted by Crippen LogP contribution is 2.09. The summed E-state index contributed by atoms with van der Waals surface area (Å²) in [4.78, 5) is 67.3. The minimum Gasteiger partial charge on any atom is -0.481 e. The molecule has 0 saturated carbocycles. The third kappa shape index (κ3) is 9.57. The van der Waals surface area contributed by atoms with Gasteiger partial charge in [0, 0.05) is 18.3 Å². The molecule has 0 aromatic carbocycles. The van der Waals surface area contributed by atoms with Gasteiger partial charge in [0.25, 0.3) is 0 Å². The molecule has 0 bridgehead atoms. The Labute approximate surface area is 197 Å². The SMILES string of the molecule is CC(C)CC(NC(=O)C(N)CC(=O)O)C(=O)NC(Cc1cnc[nH]1)C(=O)NC(C(=O)O)C(C)C. The average Bonchev–Trinajstić information content (AvgIpc) is 3.22. The molecule has 190 valence electrons. The second-order valence-corrected chi connectivity index (χ2v) is 8.81. The second-order valence-electron chi connectivity index (χ2n) is 8.81. The maximum absolute atomic E-state index is 13.1. The Hall–Kier alpha value is -3.48. The molecule has 8 N–H and O–H groups in total. The number of carboxylic acid groups (broad SMARTS) is 2. The molecule has 1 rings (SSSR count). The van der Waals surface area contributed by atoms with Crippen molar-refractivity contribution in [2.24, 2.45) is 17.6 Å². The molecule has 4 atom stereocenters. The van der Waals surface area contributed by atoms with E-state index in [-0.39, 0.29) is 18.8 Å². The van der Waals surface area contributed by atoms with Gasteiger partial charge in [-0.15, -0.1) is 0 Å². The summed E-state index contributed by atoms with van der Waals surface area (Å²) < 4.78 is 0. The maximum Gasteiger partial charge on any atom is 0.326 e. The first-order chi connectivity index (χ1) is 15.8. The molecule has 1 aromatic rings. The number of nitrogens with two attached hydrogens (primary N) is 1. The van der Waals surface area contributed by atoms with Crippen molar-refractivity contribution in [3.8, 4) is 0 Å². The van der Waals surface area contributed by atoms with Crippen LogP contribution in [-0.2, 0) is 30.4 Å². The standard InChI is InChI=1S/C21H34N6O7/c1-10(2)5-14(25-18(30)13(22)7-16(28)29)19(31)26-15(6-12-8-23-9-24-12)20(32)27-17(11(3)4)21(33)34/h8-11,13-15,17H,5-7,22H2,1-4H3,(H,23,24)(H,25,30)(H,26,31)(H,27,32)(H,28,29)(H,33,34). The molecule has 0 aliphatic heterocycles. The number of hydrogen-bond acceptors (Lipinski definition) is 7. The molecular weight excluding hydrogens is 448 g/mol. The van der Waals surface area contributed by atoms with Crippen molar-refractivity contribution in [2.75, 3.05) is 0 Å². The quantitative estimate of drug-likeness (QED) is 0.173. The fraction of sp³-hybridized carbons (Fsp3) is 0.619. The molecule has 13 heteroatoms. The summed E-state index contributed by atoms with van der Waals surface area (Å²) in [5.41, 5.74) is 6.11. The number of imidazole rings is 1. The zero-order chi connectivity index (χ0) is 26.0. The van der Waals surface area contributed by atoms with Gasteiger partial charge in [-0.2, -0.15) is 0 Å². The molecule has 1 aromatic heterocycles. The lowest BCUT2D eigenvalue weighted by Gasteiger charge is -2.26. The van der Waals surface area contributed by atoms with Crippen molar-refractivity contribution in [1.29, 1.82) is 0 Å².